The van der Waals surface area contributed by atoms with Crippen LogP contribution in [0.5, 0.6) is 0 Å². The third kappa shape index (κ3) is 5.08. The van der Waals surface area contributed by atoms with Crippen LogP contribution < -0.4 is 5.32 Å². The van der Waals surface area contributed by atoms with Gasteiger partial charge >= 0.3 is 0 Å². The highest BCUT2D eigenvalue weighted by Crippen LogP contribution is 2.20. The van der Waals surface area contributed by atoms with Crippen LogP contribution in [0.15, 0.2) is 24.3 Å². The summed E-state index contributed by atoms with van der Waals surface area (Å²) in [4.78, 5) is 26.3. The summed E-state index contributed by atoms with van der Waals surface area (Å²) in [6.45, 7) is 8.53. The molecule has 1 aliphatic rings. The van der Waals surface area contributed by atoms with Gasteiger partial charge < -0.3 is 10.2 Å². The summed E-state index contributed by atoms with van der Waals surface area (Å²) in [6.07, 6.45) is 3.53. The lowest BCUT2D eigenvalue weighted by atomic mass is 9.96. The van der Waals surface area contributed by atoms with Gasteiger partial charge in [-0.25, -0.2) is 0 Å². The van der Waals surface area contributed by atoms with Crippen molar-refractivity contribution in [1.29, 1.82) is 0 Å². The molecule has 0 radical (unpaired) electrons. The van der Waals surface area contributed by atoms with E-state index in [1.165, 1.54) is 5.56 Å². The van der Waals surface area contributed by atoms with Crippen LogP contribution in [-0.2, 0) is 4.79 Å². The van der Waals surface area contributed by atoms with Crippen LogP contribution in [0.3, 0.4) is 0 Å². The number of hydrogen-bond acceptors (Lipinski definition) is 2. The third-order valence-corrected chi connectivity index (χ3v) is 4.70. The Morgan fingerprint density at radius 2 is 1.96 bits per heavy atom. The van der Waals surface area contributed by atoms with E-state index >= 15 is 0 Å². The van der Waals surface area contributed by atoms with E-state index in [4.69, 9.17) is 0 Å². The van der Waals surface area contributed by atoms with Crippen molar-refractivity contribution in [3.63, 3.8) is 0 Å². The van der Waals surface area contributed by atoms with E-state index in [0.717, 1.165) is 37.9 Å². The number of carbonyl (C=O) groups is 2. The van der Waals surface area contributed by atoms with Crippen molar-refractivity contribution in [3.05, 3.63) is 35.4 Å². The van der Waals surface area contributed by atoms with E-state index in [1.54, 1.807) is 0 Å². The number of likely N-dealkylation sites (tertiary alicyclic amines) is 1. The Hall–Kier alpha value is -1.84. The molecule has 4 nitrogen and oxygen atoms in total. The zero-order valence-corrected chi connectivity index (χ0v) is 15.2. The van der Waals surface area contributed by atoms with Gasteiger partial charge in [-0.1, -0.05) is 32.9 Å². The molecule has 0 aromatic heterocycles. The van der Waals surface area contributed by atoms with E-state index in [-0.39, 0.29) is 11.8 Å². The minimum Gasteiger partial charge on any atom is -0.356 e. The highest BCUT2D eigenvalue weighted by Gasteiger charge is 2.24. The summed E-state index contributed by atoms with van der Waals surface area (Å²) in [5.41, 5.74) is 2.01. The number of nitrogens with one attached hydrogen (secondary N) is 1. The maximum atomic E-state index is 12.7. The summed E-state index contributed by atoms with van der Waals surface area (Å²) in [5, 5.41) is 3.00. The molecule has 1 aromatic rings. The van der Waals surface area contributed by atoms with Gasteiger partial charge in [0.05, 0.1) is 0 Å². The molecule has 1 unspecified atom stereocenters. The molecule has 1 aliphatic heterocycles. The van der Waals surface area contributed by atoms with Gasteiger partial charge in [0, 0.05) is 31.6 Å². The second-order valence-corrected chi connectivity index (χ2v) is 7.09. The second-order valence-electron chi connectivity index (χ2n) is 7.09. The molecule has 0 bridgehead atoms. The van der Waals surface area contributed by atoms with Gasteiger partial charge in [0.25, 0.3) is 5.91 Å². The van der Waals surface area contributed by atoms with Crippen molar-refractivity contribution < 1.29 is 9.59 Å². The molecule has 1 heterocycles. The summed E-state index contributed by atoms with van der Waals surface area (Å²) < 4.78 is 0. The first-order valence-corrected chi connectivity index (χ1v) is 9.17. The van der Waals surface area contributed by atoms with Gasteiger partial charge in [-0.3, -0.25) is 9.59 Å². The molecule has 1 atom stereocenters. The smallest absolute Gasteiger partial charge is 0.253 e. The Kier molecular flexibility index (Phi) is 6.83. The predicted molar refractivity (Wildman–Crippen MR) is 97.1 cm³/mol. The Morgan fingerprint density at radius 1 is 1.25 bits per heavy atom. The van der Waals surface area contributed by atoms with Gasteiger partial charge in [-0.05, 0) is 48.8 Å². The first-order chi connectivity index (χ1) is 11.5. The van der Waals surface area contributed by atoms with Crippen LogP contribution in [0, 0.1) is 5.92 Å². The molecule has 1 N–H and O–H groups in total. The van der Waals surface area contributed by atoms with Gasteiger partial charge in [0.2, 0.25) is 5.91 Å². The molecule has 132 valence electrons. The van der Waals surface area contributed by atoms with E-state index < -0.39 is 0 Å². The van der Waals surface area contributed by atoms with E-state index in [2.05, 4.69) is 19.2 Å². The Morgan fingerprint density at radius 3 is 2.58 bits per heavy atom. The third-order valence-electron chi connectivity index (χ3n) is 4.70. The number of amides is 2. The van der Waals surface area contributed by atoms with Crippen LogP contribution in [0.25, 0.3) is 0 Å². The van der Waals surface area contributed by atoms with Crippen molar-refractivity contribution in [2.24, 2.45) is 5.92 Å². The number of nitrogens with zero attached hydrogens (tertiary/aromatic N) is 1. The van der Waals surface area contributed by atoms with E-state index in [0.29, 0.717) is 24.8 Å². The fraction of sp³-hybridized carbons (Fsp3) is 0.600. The molecular formula is C20H30N2O2. The highest BCUT2D eigenvalue weighted by atomic mass is 16.2. The van der Waals surface area contributed by atoms with Gasteiger partial charge in [-0.15, -0.1) is 0 Å². The first kappa shape index (κ1) is 18.5. The summed E-state index contributed by atoms with van der Waals surface area (Å²) in [6, 6.07) is 7.96. The SMILES string of the molecule is CCCC(=O)NCC1CCCN(C(=O)c2ccc(C(C)C)cc2)C1. The van der Waals surface area contributed by atoms with Gasteiger partial charge in [-0.2, -0.15) is 0 Å². The van der Waals surface area contributed by atoms with Crippen molar-refractivity contribution in [2.75, 3.05) is 19.6 Å². The lowest BCUT2D eigenvalue weighted by molar-refractivity contribution is -0.121. The standard InChI is InChI=1S/C20H30N2O2/c1-4-6-19(23)21-13-16-7-5-12-22(14-16)20(24)18-10-8-17(9-11-18)15(2)3/h8-11,15-16H,4-7,12-14H2,1-3H3,(H,21,23). The molecule has 2 rings (SSSR count). The minimum atomic E-state index is 0.106. The topological polar surface area (TPSA) is 49.4 Å². The number of rotatable bonds is 6. The number of benzene rings is 1. The van der Waals surface area contributed by atoms with Crippen molar-refractivity contribution in [1.82, 2.24) is 10.2 Å². The van der Waals surface area contributed by atoms with E-state index in [1.807, 2.05) is 36.1 Å². The fourth-order valence-electron chi connectivity index (χ4n) is 3.18. The van der Waals surface area contributed by atoms with E-state index in [9.17, 15) is 9.59 Å². The molecule has 1 aromatic carbocycles. The number of piperidine rings is 1. The Labute approximate surface area is 145 Å². The molecule has 4 heteroatoms. The number of hydrogen-bond donors (Lipinski definition) is 1. The molecule has 24 heavy (non-hydrogen) atoms. The highest BCUT2D eigenvalue weighted by molar-refractivity contribution is 5.94. The van der Waals surface area contributed by atoms with Gasteiger partial charge in [0.1, 0.15) is 0 Å². The minimum absolute atomic E-state index is 0.106. The molecule has 2 amide bonds. The summed E-state index contributed by atoms with van der Waals surface area (Å²) >= 11 is 0. The largest absolute Gasteiger partial charge is 0.356 e. The zero-order chi connectivity index (χ0) is 17.5. The molecule has 0 aliphatic carbocycles. The fourth-order valence-corrected chi connectivity index (χ4v) is 3.18. The van der Waals surface area contributed by atoms with Crippen molar-refractivity contribution in [3.8, 4) is 0 Å². The summed E-state index contributed by atoms with van der Waals surface area (Å²) in [5.74, 6) is 1.05. The maximum absolute atomic E-state index is 12.7. The Balaban J connectivity index is 1.91. The monoisotopic (exact) mass is 330 g/mol. The maximum Gasteiger partial charge on any atom is 0.253 e. The Bertz CT molecular complexity index is 551. The van der Waals surface area contributed by atoms with Crippen LogP contribution in [0.4, 0.5) is 0 Å². The first-order valence-electron chi connectivity index (χ1n) is 9.17. The lowest BCUT2D eigenvalue weighted by Crippen LogP contribution is -2.43. The van der Waals surface area contributed by atoms with Crippen LogP contribution >= 0.6 is 0 Å². The number of carbonyl (C=O) groups excluding carboxylic acids is 2. The van der Waals surface area contributed by atoms with Crippen LogP contribution in [0.2, 0.25) is 0 Å². The average molecular weight is 330 g/mol. The lowest BCUT2D eigenvalue weighted by Gasteiger charge is -2.33. The zero-order valence-electron chi connectivity index (χ0n) is 15.2. The molecule has 0 saturated carbocycles. The van der Waals surface area contributed by atoms with Gasteiger partial charge in [0.15, 0.2) is 0 Å². The second kappa shape index (κ2) is 8.86. The molecule has 0 spiro atoms. The van der Waals surface area contributed by atoms with Crippen molar-refractivity contribution >= 4 is 11.8 Å². The molecular weight excluding hydrogens is 300 g/mol. The van der Waals surface area contributed by atoms with Crippen LogP contribution in [-0.4, -0.2) is 36.3 Å². The average Bonchev–Trinajstić information content (AvgIpc) is 2.60. The summed E-state index contributed by atoms with van der Waals surface area (Å²) in [7, 11) is 0. The molecule has 1 saturated heterocycles. The van der Waals surface area contributed by atoms with Crippen molar-refractivity contribution in [2.45, 2.75) is 52.4 Å². The van der Waals surface area contributed by atoms with Crippen LogP contribution in [0.1, 0.15) is 68.3 Å². The quantitative estimate of drug-likeness (QED) is 0.867. The normalized spacial score (nSPS) is 17.8. The molecule has 1 fully saturated rings. The predicted octanol–water partition coefficient (Wildman–Crippen LogP) is 3.58.